The van der Waals surface area contributed by atoms with E-state index < -0.39 is 5.92 Å². The van der Waals surface area contributed by atoms with Crippen LogP contribution in [0.4, 0.5) is 14.5 Å². The molecule has 0 radical (unpaired) electrons. The number of hydrogen-bond acceptors (Lipinski definition) is 7. The van der Waals surface area contributed by atoms with Crippen molar-refractivity contribution in [2.45, 2.75) is 44.3 Å². The Kier molecular flexibility index (Phi) is 7.63. The number of carbonyl (C=O) groups excluding carboxylic acids is 1. The van der Waals surface area contributed by atoms with Crippen molar-refractivity contribution in [1.82, 2.24) is 30.0 Å². The second-order valence-corrected chi connectivity index (χ2v) is 11.0. The molecule has 11 heteroatoms. The zero-order valence-electron chi connectivity index (χ0n) is 22.9. The minimum Gasteiger partial charge on any atom is -0.474 e. The number of H-pyrrole nitrogens is 1. The number of rotatable bonds is 7. The lowest BCUT2D eigenvalue weighted by Crippen LogP contribution is -2.38. The Morgan fingerprint density at radius 3 is 2.61 bits per heavy atom. The van der Waals surface area contributed by atoms with E-state index in [1.165, 1.54) is 0 Å². The molecule has 2 N–H and O–H groups in total. The Morgan fingerprint density at radius 2 is 1.85 bits per heavy atom. The normalized spacial score (nSPS) is 18.4. The van der Waals surface area contributed by atoms with E-state index in [0.29, 0.717) is 36.6 Å². The first-order valence-corrected chi connectivity index (χ1v) is 14.0. The number of ether oxygens (including phenoxy) is 1. The summed E-state index contributed by atoms with van der Waals surface area (Å²) in [6.07, 6.45) is 6.96. The molecule has 41 heavy (non-hydrogen) atoms. The number of aromatic nitrogens is 4. The van der Waals surface area contributed by atoms with E-state index >= 15 is 0 Å². The number of aromatic amines is 1. The van der Waals surface area contributed by atoms with E-state index in [1.54, 1.807) is 30.7 Å². The zero-order chi connectivity index (χ0) is 28.4. The van der Waals surface area contributed by atoms with Gasteiger partial charge in [0.15, 0.2) is 5.69 Å². The second-order valence-electron chi connectivity index (χ2n) is 11.0. The largest absolute Gasteiger partial charge is 0.474 e. The summed E-state index contributed by atoms with van der Waals surface area (Å²) in [5.74, 6) is -2.38. The van der Waals surface area contributed by atoms with Crippen molar-refractivity contribution >= 4 is 22.5 Å². The van der Waals surface area contributed by atoms with Gasteiger partial charge in [-0.25, -0.2) is 13.8 Å². The summed E-state index contributed by atoms with van der Waals surface area (Å²) in [5.41, 5.74) is 4.26. The Labute approximate surface area is 236 Å². The van der Waals surface area contributed by atoms with Gasteiger partial charge in [-0.15, -0.1) is 0 Å². The van der Waals surface area contributed by atoms with Gasteiger partial charge >= 0.3 is 0 Å². The number of carbonyl (C=O) groups is 1. The monoisotopic (exact) mass is 561 g/mol. The quantitative estimate of drug-likeness (QED) is 0.329. The number of benzene rings is 1. The van der Waals surface area contributed by atoms with E-state index in [1.807, 2.05) is 29.2 Å². The van der Waals surface area contributed by atoms with Gasteiger partial charge in [-0.2, -0.15) is 5.10 Å². The molecule has 4 aromatic rings. The van der Waals surface area contributed by atoms with Crippen molar-refractivity contribution in [2.75, 3.05) is 38.5 Å². The summed E-state index contributed by atoms with van der Waals surface area (Å²) in [6, 6.07) is 11.3. The van der Waals surface area contributed by atoms with Crippen molar-refractivity contribution in [3.05, 3.63) is 66.2 Å². The van der Waals surface area contributed by atoms with Crippen LogP contribution in [0.25, 0.3) is 22.0 Å². The molecule has 0 aliphatic carbocycles. The van der Waals surface area contributed by atoms with Crippen LogP contribution in [-0.2, 0) is 6.54 Å². The van der Waals surface area contributed by atoms with Gasteiger partial charge in [-0.3, -0.25) is 19.8 Å². The van der Waals surface area contributed by atoms with Crippen LogP contribution in [0.2, 0.25) is 0 Å². The molecule has 0 spiro atoms. The van der Waals surface area contributed by atoms with Crippen molar-refractivity contribution in [3.8, 4) is 17.0 Å². The minimum absolute atomic E-state index is 0.116. The molecule has 1 aromatic carbocycles. The molecular weight excluding hydrogens is 528 g/mol. The summed E-state index contributed by atoms with van der Waals surface area (Å²) >= 11 is 0. The maximum atomic E-state index is 13.5. The number of fused-ring (bicyclic) bond motifs is 1. The van der Waals surface area contributed by atoms with Gasteiger partial charge in [-0.1, -0.05) is 6.07 Å². The van der Waals surface area contributed by atoms with Gasteiger partial charge in [0, 0.05) is 75.0 Å². The van der Waals surface area contributed by atoms with Crippen molar-refractivity contribution in [3.63, 3.8) is 0 Å². The Bertz CT molecular complexity index is 1510. The third-order valence-corrected chi connectivity index (χ3v) is 7.85. The Hall–Kier alpha value is -3.96. The van der Waals surface area contributed by atoms with Crippen LogP contribution in [0.15, 0.2) is 55.0 Å². The predicted molar refractivity (Wildman–Crippen MR) is 152 cm³/mol. The van der Waals surface area contributed by atoms with Crippen molar-refractivity contribution in [1.29, 1.82) is 0 Å². The molecule has 0 unspecified atom stereocenters. The molecule has 6 rings (SSSR count). The lowest BCUT2D eigenvalue weighted by molar-refractivity contribution is -0.0566. The molecule has 214 valence electrons. The summed E-state index contributed by atoms with van der Waals surface area (Å²) in [7, 11) is 2.11. The van der Waals surface area contributed by atoms with Gasteiger partial charge in [0.1, 0.15) is 6.10 Å². The predicted octanol–water partition coefficient (Wildman–Crippen LogP) is 4.98. The van der Waals surface area contributed by atoms with E-state index in [-0.39, 0.29) is 30.5 Å². The maximum absolute atomic E-state index is 13.5. The van der Waals surface area contributed by atoms with Gasteiger partial charge in [0.25, 0.3) is 11.8 Å². The van der Waals surface area contributed by atoms with Gasteiger partial charge in [0.05, 0.1) is 17.4 Å². The number of halogens is 2. The molecule has 2 aliphatic heterocycles. The van der Waals surface area contributed by atoms with Crippen LogP contribution in [0.3, 0.4) is 0 Å². The molecule has 1 amide bonds. The summed E-state index contributed by atoms with van der Waals surface area (Å²) in [6.45, 7) is 3.29. The number of piperidine rings is 2. The summed E-state index contributed by atoms with van der Waals surface area (Å²) in [4.78, 5) is 26.2. The molecule has 9 nitrogen and oxygen atoms in total. The number of likely N-dealkylation sites (tertiary alicyclic amines) is 2. The first-order chi connectivity index (χ1) is 19.8. The first-order valence-electron chi connectivity index (χ1n) is 14.0. The molecule has 2 aliphatic rings. The third kappa shape index (κ3) is 6.52. The van der Waals surface area contributed by atoms with E-state index in [2.05, 4.69) is 37.4 Å². The van der Waals surface area contributed by atoms with Gasteiger partial charge < -0.3 is 15.0 Å². The van der Waals surface area contributed by atoms with Crippen LogP contribution in [0, 0.1) is 0 Å². The lowest BCUT2D eigenvalue weighted by Gasteiger charge is -2.31. The molecular formula is C30H33F2N7O2. The summed E-state index contributed by atoms with van der Waals surface area (Å²) in [5, 5.41) is 10.7. The zero-order valence-corrected chi connectivity index (χ0v) is 22.9. The van der Waals surface area contributed by atoms with Crippen LogP contribution < -0.4 is 10.1 Å². The average Bonchev–Trinajstić information content (AvgIpc) is 3.40. The van der Waals surface area contributed by atoms with Crippen molar-refractivity contribution in [2.24, 2.45) is 0 Å². The van der Waals surface area contributed by atoms with Gasteiger partial charge in [0.2, 0.25) is 5.88 Å². The number of hydrogen-bond donors (Lipinski definition) is 2. The number of pyridine rings is 2. The van der Waals surface area contributed by atoms with Crippen LogP contribution in [0.1, 0.15) is 41.7 Å². The van der Waals surface area contributed by atoms with E-state index in [9.17, 15) is 13.6 Å². The Morgan fingerprint density at radius 1 is 1.05 bits per heavy atom. The molecule has 0 saturated carbocycles. The standard InChI is InChI=1S/C30H33F2N7O2/c1-38-10-6-24(7-11-38)41-27-5-3-23(18-34-27)35-29(40)28-25-15-21(2-4-26(25)36-37-28)22-14-20(16-33-17-22)19-39-12-8-30(31,32)9-13-39/h2-5,14-18,24H,6-13,19H2,1H3,(H,35,40)(H,36,37). The highest BCUT2D eigenvalue weighted by Crippen LogP contribution is 2.30. The third-order valence-electron chi connectivity index (χ3n) is 7.85. The molecule has 2 saturated heterocycles. The van der Waals surface area contributed by atoms with Crippen LogP contribution in [0.5, 0.6) is 5.88 Å². The van der Waals surface area contributed by atoms with E-state index in [4.69, 9.17) is 4.74 Å². The number of amides is 1. The number of nitrogens with zero attached hydrogens (tertiary/aromatic N) is 5. The highest BCUT2D eigenvalue weighted by atomic mass is 19.3. The Balaban J connectivity index is 1.13. The number of alkyl halides is 2. The fourth-order valence-electron chi connectivity index (χ4n) is 5.38. The number of nitrogens with one attached hydrogen (secondary N) is 2. The summed E-state index contributed by atoms with van der Waals surface area (Å²) < 4.78 is 33.1. The fraction of sp³-hybridized carbons (Fsp3) is 0.400. The average molecular weight is 562 g/mol. The van der Waals surface area contributed by atoms with Crippen molar-refractivity contribution < 1.29 is 18.3 Å². The SMILES string of the molecule is CN1CCC(Oc2ccc(NC(=O)c3n[nH]c4ccc(-c5cncc(CN6CCC(F)(F)CC6)c5)cc34)cn2)CC1. The first kappa shape index (κ1) is 27.2. The molecule has 3 aromatic heterocycles. The smallest absolute Gasteiger partial charge is 0.276 e. The fourth-order valence-corrected chi connectivity index (χ4v) is 5.38. The lowest BCUT2D eigenvalue weighted by atomic mass is 10.0. The highest BCUT2D eigenvalue weighted by molar-refractivity contribution is 6.11. The minimum atomic E-state index is -2.57. The van der Waals surface area contributed by atoms with E-state index in [0.717, 1.165) is 48.1 Å². The van der Waals surface area contributed by atoms with Crippen LogP contribution in [-0.4, -0.2) is 81.1 Å². The highest BCUT2D eigenvalue weighted by Gasteiger charge is 2.33. The second kappa shape index (κ2) is 11.5. The molecule has 0 bridgehead atoms. The number of anilines is 1. The molecule has 2 fully saturated rings. The molecule has 5 heterocycles. The molecule has 0 atom stereocenters. The topological polar surface area (TPSA) is 99.3 Å². The maximum Gasteiger partial charge on any atom is 0.276 e. The van der Waals surface area contributed by atoms with Gasteiger partial charge in [-0.05, 0) is 55.3 Å². The van der Waals surface area contributed by atoms with Crippen LogP contribution >= 0.6 is 0 Å².